The van der Waals surface area contributed by atoms with Gasteiger partial charge in [-0.3, -0.25) is 9.59 Å². The van der Waals surface area contributed by atoms with Gasteiger partial charge in [-0.1, -0.05) is 78.4 Å². The van der Waals surface area contributed by atoms with Crippen LogP contribution in [0.1, 0.15) is 33.3 Å². The monoisotopic (exact) mass is 556 g/mol. The molecule has 2 unspecified atom stereocenters. The summed E-state index contributed by atoms with van der Waals surface area (Å²) in [5, 5.41) is 2.75. The van der Waals surface area contributed by atoms with E-state index in [0.29, 0.717) is 22.4 Å². The van der Waals surface area contributed by atoms with Crippen molar-refractivity contribution in [2.24, 2.45) is 0 Å². The molecule has 0 aliphatic carbocycles. The fraction of sp³-hybridized carbons (Fsp3) is 0.161. The number of carbonyl (C=O) groups is 2. The summed E-state index contributed by atoms with van der Waals surface area (Å²) in [5.41, 5.74) is 0.167. The Kier molecular flexibility index (Phi) is 7.42. The highest BCUT2D eigenvalue weighted by atomic mass is 32.2. The average Bonchev–Trinajstić information content (AvgIpc) is 3.26. The number of aryl methyl sites for hydroxylation is 1. The molecule has 1 heterocycles. The summed E-state index contributed by atoms with van der Waals surface area (Å²) in [6.07, 6.45) is -1.49. The first-order chi connectivity index (χ1) is 19.2. The molecular formula is C31H28N2O6S. The molecule has 0 spiro atoms. The van der Waals surface area contributed by atoms with Crippen LogP contribution in [0.15, 0.2) is 114 Å². The summed E-state index contributed by atoms with van der Waals surface area (Å²) in [7, 11) is -2.93. The Hall–Kier alpha value is -4.47. The van der Waals surface area contributed by atoms with Crippen molar-refractivity contribution in [2.75, 3.05) is 7.11 Å². The lowest BCUT2D eigenvalue weighted by Crippen LogP contribution is -2.57. The number of hydrogen-bond acceptors (Lipinski definition) is 6. The van der Waals surface area contributed by atoms with Crippen LogP contribution in [0.2, 0.25) is 0 Å². The number of benzene rings is 4. The van der Waals surface area contributed by atoms with E-state index in [9.17, 15) is 18.0 Å². The normalized spacial score (nSPS) is 18.9. The van der Waals surface area contributed by atoms with Gasteiger partial charge >= 0.3 is 0 Å². The summed E-state index contributed by atoms with van der Waals surface area (Å²) in [4.78, 5) is 27.7. The van der Waals surface area contributed by atoms with Crippen molar-refractivity contribution < 1.29 is 27.5 Å². The first kappa shape index (κ1) is 27.1. The van der Waals surface area contributed by atoms with Crippen LogP contribution in [0.3, 0.4) is 0 Å². The maximum absolute atomic E-state index is 14.4. The lowest BCUT2D eigenvalue weighted by molar-refractivity contribution is -0.138. The van der Waals surface area contributed by atoms with Gasteiger partial charge in [0.2, 0.25) is 5.72 Å². The van der Waals surface area contributed by atoms with Gasteiger partial charge in [-0.05, 0) is 48.9 Å². The molecule has 40 heavy (non-hydrogen) atoms. The van der Waals surface area contributed by atoms with Crippen molar-refractivity contribution in [3.8, 4) is 5.75 Å². The highest BCUT2D eigenvalue weighted by Crippen LogP contribution is 2.42. The van der Waals surface area contributed by atoms with Crippen LogP contribution >= 0.6 is 0 Å². The van der Waals surface area contributed by atoms with Crippen LogP contribution in [0, 0.1) is 6.92 Å². The number of ether oxygens (including phenoxy) is 2. The zero-order valence-corrected chi connectivity index (χ0v) is 22.8. The second-order valence-electron chi connectivity index (χ2n) is 9.48. The SMILES string of the molecule is COc1cccc(C2OC(Cc3ccccc3)(NC(=O)c3ccccc3)C(=O)N2S(=O)(=O)c2ccc(C)cc2)c1. The van der Waals surface area contributed by atoms with Gasteiger partial charge in [0.15, 0.2) is 6.23 Å². The van der Waals surface area contributed by atoms with Crippen LogP contribution < -0.4 is 10.1 Å². The maximum atomic E-state index is 14.4. The van der Waals surface area contributed by atoms with E-state index in [2.05, 4.69) is 5.32 Å². The summed E-state index contributed by atoms with van der Waals surface area (Å²) in [5.74, 6) is -1.03. The molecule has 4 aromatic rings. The summed E-state index contributed by atoms with van der Waals surface area (Å²) in [6, 6.07) is 30.2. The maximum Gasteiger partial charge on any atom is 0.292 e. The molecule has 1 fully saturated rings. The van der Waals surface area contributed by atoms with Crippen LogP contribution in [-0.2, 0) is 26.0 Å². The van der Waals surface area contributed by atoms with Crippen LogP contribution in [-0.4, -0.2) is 37.4 Å². The van der Waals surface area contributed by atoms with Crippen LogP contribution in [0.4, 0.5) is 0 Å². The van der Waals surface area contributed by atoms with Gasteiger partial charge in [-0.15, -0.1) is 0 Å². The molecule has 2 atom stereocenters. The van der Waals surface area contributed by atoms with Gasteiger partial charge in [0, 0.05) is 17.5 Å². The molecule has 8 nitrogen and oxygen atoms in total. The summed E-state index contributed by atoms with van der Waals surface area (Å²) in [6.45, 7) is 1.84. The third kappa shape index (κ3) is 5.21. The zero-order valence-electron chi connectivity index (χ0n) is 22.0. The first-order valence-corrected chi connectivity index (χ1v) is 14.1. The van der Waals surface area contributed by atoms with Gasteiger partial charge in [0.1, 0.15) is 5.75 Å². The van der Waals surface area contributed by atoms with Crippen molar-refractivity contribution in [2.45, 2.75) is 30.2 Å². The molecule has 1 aliphatic heterocycles. The topological polar surface area (TPSA) is 102 Å². The number of nitrogens with zero attached hydrogens (tertiary/aromatic N) is 1. The highest BCUT2D eigenvalue weighted by molar-refractivity contribution is 7.89. The molecule has 4 aromatic carbocycles. The Balaban J connectivity index is 1.67. The number of hydrogen-bond donors (Lipinski definition) is 1. The molecule has 0 aromatic heterocycles. The third-order valence-electron chi connectivity index (χ3n) is 6.68. The van der Waals surface area contributed by atoms with Crippen molar-refractivity contribution in [1.29, 1.82) is 0 Å². The number of amides is 2. The number of rotatable bonds is 8. The van der Waals surface area contributed by atoms with Crippen molar-refractivity contribution in [3.63, 3.8) is 0 Å². The molecule has 0 saturated carbocycles. The van der Waals surface area contributed by atoms with E-state index in [1.165, 1.54) is 19.2 Å². The Morgan fingerprint density at radius 2 is 1.57 bits per heavy atom. The smallest absolute Gasteiger partial charge is 0.292 e. The minimum Gasteiger partial charge on any atom is -0.497 e. The third-order valence-corrected chi connectivity index (χ3v) is 8.42. The standard InChI is InChI=1S/C31H28N2O6S/c1-22-16-18-27(19-17-22)40(36,37)33-29(25-14-9-15-26(20-25)38-2)39-31(30(33)35,21-23-10-5-3-6-11-23)32-28(34)24-12-7-4-8-13-24/h3-20,29H,21H2,1-2H3,(H,32,34). The van der Waals surface area contributed by atoms with Gasteiger partial charge in [-0.25, -0.2) is 8.42 Å². The number of nitrogens with one attached hydrogen (secondary N) is 1. The molecule has 204 valence electrons. The largest absolute Gasteiger partial charge is 0.497 e. The van der Waals surface area contributed by atoms with E-state index in [4.69, 9.17) is 9.47 Å². The molecule has 1 saturated heterocycles. The molecule has 0 radical (unpaired) electrons. The minimum absolute atomic E-state index is 0.0761. The molecular weight excluding hydrogens is 528 g/mol. The second kappa shape index (κ2) is 11.0. The predicted molar refractivity (Wildman–Crippen MR) is 149 cm³/mol. The average molecular weight is 557 g/mol. The molecule has 5 rings (SSSR count). The van der Waals surface area contributed by atoms with Crippen LogP contribution in [0.5, 0.6) is 5.75 Å². The van der Waals surface area contributed by atoms with E-state index >= 15 is 0 Å². The highest BCUT2D eigenvalue weighted by Gasteiger charge is 2.59. The number of methoxy groups -OCH3 is 1. The molecule has 1 aliphatic rings. The van der Waals surface area contributed by atoms with E-state index in [0.717, 1.165) is 9.87 Å². The van der Waals surface area contributed by atoms with E-state index in [1.807, 2.05) is 13.0 Å². The second-order valence-corrected chi connectivity index (χ2v) is 11.3. The fourth-order valence-corrected chi connectivity index (χ4v) is 6.09. The first-order valence-electron chi connectivity index (χ1n) is 12.6. The Morgan fingerprint density at radius 3 is 2.23 bits per heavy atom. The fourth-order valence-electron chi connectivity index (χ4n) is 4.60. The quantitative estimate of drug-likeness (QED) is 0.340. The number of carbonyl (C=O) groups excluding carboxylic acids is 2. The summed E-state index contributed by atoms with van der Waals surface area (Å²) >= 11 is 0. The molecule has 0 bridgehead atoms. The van der Waals surface area contributed by atoms with Crippen molar-refractivity contribution in [3.05, 3.63) is 131 Å². The van der Waals surface area contributed by atoms with Crippen molar-refractivity contribution in [1.82, 2.24) is 9.62 Å². The van der Waals surface area contributed by atoms with E-state index in [1.54, 1.807) is 91.0 Å². The predicted octanol–water partition coefficient (Wildman–Crippen LogP) is 4.62. The Bertz CT molecular complexity index is 1630. The van der Waals surface area contributed by atoms with Crippen LogP contribution in [0.25, 0.3) is 0 Å². The Morgan fingerprint density at radius 1 is 0.925 bits per heavy atom. The van der Waals surface area contributed by atoms with Gasteiger partial charge in [0.05, 0.1) is 12.0 Å². The summed E-state index contributed by atoms with van der Waals surface area (Å²) < 4.78 is 40.6. The molecule has 9 heteroatoms. The Labute approximate surface area is 233 Å². The van der Waals surface area contributed by atoms with Gasteiger partial charge < -0.3 is 14.8 Å². The van der Waals surface area contributed by atoms with Crippen molar-refractivity contribution >= 4 is 21.8 Å². The molecule has 1 N–H and O–H groups in total. The lowest BCUT2D eigenvalue weighted by atomic mass is 10.0. The van der Waals surface area contributed by atoms with Gasteiger partial charge in [0.25, 0.3) is 21.8 Å². The molecule has 2 amide bonds. The van der Waals surface area contributed by atoms with E-state index < -0.39 is 33.8 Å². The van der Waals surface area contributed by atoms with Gasteiger partial charge in [-0.2, -0.15) is 4.31 Å². The zero-order chi connectivity index (χ0) is 28.3. The van der Waals surface area contributed by atoms with E-state index in [-0.39, 0.29) is 11.3 Å². The minimum atomic E-state index is -4.42. The lowest BCUT2D eigenvalue weighted by Gasteiger charge is -2.27. The number of sulfonamides is 1.